The fraction of sp³-hybridized carbons (Fsp3) is 0.533. The minimum Gasteiger partial charge on any atom is -0.460 e. The third-order valence-electron chi connectivity index (χ3n) is 2.87. The lowest BCUT2D eigenvalue weighted by Gasteiger charge is -2.22. The molecule has 0 atom stereocenters. The van der Waals surface area contributed by atoms with Crippen molar-refractivity contribution in [2.24, 2.45) is 0 Å². The van der Waals surface area contributed by atoms with E-state index in [1.54, 1.807) is 24.3 Å². The van der Waals surface area contributed by atoms with Crippen LogP contribution in [-0.4, -0.2) is 62.3 Å². The van der Waals surface area contributed by atoms with Crippen LogP contribution in [0, 0.1) is 0 Å². The van der Waals surface area contributed by atoms with Gasteiger partial charge in [-0.25, -0.2) is 4.79 Å². The number of aliphatic hydroxyl groups excluding tert-OH is 2. The van der Waals surface area contributed by atoms with Crippen LogP contribution in [0.5, 0.6) is 0 Å². The summed E-state index contributed by atoms with van der Waals surface area (Å²) < 4.78 is 10.2. The number of ether oxygens (including phenoxy) is 2. The van der Waals surface area contributed by atoms with Gasteiger partial charge in [-0.3, -0.25) is 0 Å². The monoisotopic (exact) mass is 297 g/mol. The van der Waals surface area contributed by atoms with E-state index in [1.165, 1.54) is 0 Å². The topological polar surface area (TPSA) is 79.2 Å². The van der Waals surface area contributed by atoms with Crippen molar-refractivity contribution in [3.8, 4) is 0 Å². The number of hydrogen-bond donors (Lipinski definition) is 2. The number of aliphatic hydroxyl groups is 2. The maximum atomic E-state index is 11.8. The molecule has 0 aliphatic heterocycles. The highest BCUT2D eigenvalue weighted by Gasteiger charge is 2.09. The summed E-state index contributed by atoms with van der Waals surface area (Å²) in [6.07, 6.45) is 0. The molecule has 0 saturated carbocycles. The Morgan fingerprint density at radius 3 is 2.24 bits per heavy atom. The van der Waals surface area contributed by atoms with Crippen molar-refractivity contribution in [3.05, 3.63) is 29.8 Å². The minimum atomic E-state index is -0.392. The zero-order chi connectivity index (χ0) is 15.5. The van der Waals surface area contributed by atoms with Crippen LogP contribution >= 0.6 is 0 Å². The predicted molar refractivity (Wildman–Crippen MR) is 79.6 cm³/mol. The fourth-order valence-electron chi connectivity index (χ4n) is 1.84. The second kappa shape index (κ2) is 10.1. The summed E-state index contributed by atoms with van der Waals surface area (Å²) >= 11 is 0. The van der Waals surface area contributed by atoms with E-state index in [0.29, 0.717) is 31.9 Å². The summed E-state index contributed by atoms with van der Waals surface area (Å²) in [5.74, 6) is -0.392. The van der Waals surface area contributed by atoms with Gasteiger partial charge in [0.2, 0.25) is 0 Å². The first-order chi connectivity index (χ1) is 10.2. The number of rotatable bonds is 10. The molecule has 21 heavy (non-hydrogen) atoms. The summed E-state index contributed by atoms with van der Waals surface area (Å²) in [5, 5.41) is 18.0. The number of esters is 1. The van der Waals surface area contributed by atoms with Crippen LogP contribution in [0.1, 0.15) is 17.3 Å². The molecule has 0 spiro atoms. The van der Waals surface area contributed by atoms with E-state index >= 15 is 0 Å². The summed E-state index contributed by atoms with van der Waals surface area (Å²) in [4.78, 5) is 13.6. The molecule has 0 unspecified atom stereocenters. The molecule has 1 aromatic rings. The molecule has 1 rings (SSSR count). The largest absolute Gasteiger partial charge is 0.460 e. The average molecular weight is 297 g/mol. The molecule has 2 N–H and O–H groups in total. The maximum absolute atomic E-state index is 11.8. The normalized spacial score (nSPS) is 10.4. The molecule has 0 radical (unpaired) electrons. The Kier molecular flexibility index (Phi) is 8.42. The summed E-state index contributed by atoms with van der Waals surface area (Å²) in [5.41, 5.74) is 1.30. The van der Waals surface area contributed by atoms with Crippen molar-refractivity contribution in [3.63, 3.8) is 0 Å². The van der Waals surface area contributed by atoms with Gasteiger partial charge in [-0.1, -0.05) is 0 Å². The number of nitrogens with zero attached hydrogens (tertiary/aromatic N) is 1. The van der Waals surface area contributed by atoms with Crippen LogP contribution < -0.4 is 4.90 Å². The fourth-order valence-corrected chi connectivity index (χ4v) is 1.84. The smallest absolute Gasteiger partial charge is 0.338 e. The first kappa shape index (κ1) is 17.4. The van der Waals surface area contributed by atoms with Crippen molar-refractivity contribution in [1.29, 1.82) is 0 Å². The van der Waals surface area contributed by atoms with Crippen LogP contribution in [0.3, 0.4) is 0 Å². The molecular formula is C15H23NO5. The molecule has 6 nitrogen and oxygen atoms in total. The SMILES string of the molecule is CCOCCOC(=O)c1ccc(N(CCO)CCO)cc1. The molecule has 0 saturated heterocycles. The van der Waals surface area contributed by atoms with Crippen molar-refractivity contribution < 1.29 is 24.5 Å². The van der Waals surface area contributed by atoms with Crippen LogP contribution in [0.4, 0.5) is 5.69 Å². The van der Waals surface area contributed by atoms with E-state index in [2.05, 4.69) is 0 Å². The molecule has 0 aliphatic rings. The second-order valence-corrected chi connectivity index (χ2v) is 4.31. The first-order valence-corrected chi connectivity index (χ1v) is 7.04. The molecular weight excluding hydrogens is 274 g/mol. The summed E-state index contributed by atoms with van der Waals surface area (Å²) in [6, 6.07) is 6.87. The highest BCUT2D eigenvalue weighted by molar-refractivity contribution is 5.89. The van der Waals surface area contributed by atoms with E-state index in [0.717, 1.165) is 5.69 Å². The molecule has 0 amide bonds. The third kappa shape index (κ3) is 6.12. The third-order valence-corrected chi connectivity index (χ3v) is 2.87. The Bertz CT molecular complexity index is 401. The van der Waals surface area contributed by atoms with Crippen molar-refractivity contribution in [2.75, 3.05) is 51.0 Å². The Balaban J connectivity index is 2.57. The maximum Gasteiger partial charge on any atom is 0.338 e. The van der Waals surface area contributed by atoms with Crippen molar-refractivity contribution in [1.82, 2.24) is 0 Å². The van der Waals surface area contributed by atoms with Crippen molar-refractivity contribution in [2.45, 2.75) is 6.92 Å². The van der Waals surface area contributed by atoms with Gasteiger partial charge in [0.25, 0.3) is 0 Å². The molecule has 118 valence electrons. The van der Waals surface area contributed by atoms with Gasteiger partial charge in [0.1, 0.15) is 6.61 Å². The lowest BCUT2D eigenvalue weighted by molar-refractivity contribution is 0.0335. The van der Waals surface area contributed by atoms with Crippen LogP contribution in [0.25, 0.3) is 0 Å². The van der Waals surface area contributed by atoms with Crippen LogP contribution in [-0.2, 0) is 9.47 Å². The number of benzene rings is 1. The molecule has 6 heteroatoms. The van der Waals surface area contributed by atoms with Gasteiger partial charge in [-0.15, -0.1) is 0 Å². The number of anilines is 1. The second-order valence-electron chi connectivity index (χ2n) is 4.31. The van der Waals surface area contributed by atoms with E-state index in [4.69, 9.17) is 19.7 Å². The van der Waals surface area contributed by atoms with Gasteiger partial charge in [-0.05, 0) is 31.2 Å². The van der Waals surface area contributed by atoms with Gasteiger partial charge in [0, 0.05) is 25.4 Å². The van der Waals surface area contributed by atoms with E-state index in [-0.39, 0.29) is 19.8 Å². The highest BCUT2D eigenvalue weighted by atomic mass is 16.6. The molecule has 0 aliphatic carbocycles. The number of hydrogen-bond acceptors (Lipinski definition) is 6. The van der Waals surface area contributed by atoms with Gasteiger partial charge >= 0.3 is 5.97 Å². The standard InChI is InChI=1S/C15H23NO5/c1-2-20-11-12-21-15(19)13-3-5-14(6-4-13)16(7-9-17)8-10-18/h3-6,17-18H,2,7-12H2,1H3. The molecule has 0 heterocycles. The van der Waals surface area contributed by atoms with Crippen LogP contribution in [0.15, 0.2) is 24.3 Å². The number of carbonyl (C=O) groups is 1. The predicted octanol–water partition coefficient (Wildman–Crippen LogP) is 0.671. The summed E-state index contributed by atoms with van der Waals surface area (Å²) in [7, 11) is 0. The highest BCUT2D eigenvalue weighted by Crippen LogP contribution is 2.15. The Morgan fingerprint density at radius 1 is 1.10 bits per heavy atom. The lowest BCUT2D eigenvalue weighted by atomic mass is 10.2. The molecule has 0 bridgehead atoms. The first-order valence-electron chi connectivity index (χ1n) is 7.04. The molecule has 1 aromatic carbocycles. The quantitative estimate of drug-likeness (QED) is 0.488. The van der Waals surface area contributed by atoms with Gasteiger partial charge < -0.3 is 24.6 Å². The Morgan fingerprint density at radius 2 is 1.71 bits per heavy atom. The molecule has 0 aromatic heterocycles. The van der Waals surface area contributed by atoms with E-state index in [9.17, 15) is 4.79 Å². The summed E-state index contributed by atoms with van der Waals surface area (Å²) in [6.45, 7) is 3.96. The lowest BCUT2D eigenvalue weighted by Crippen LogP contribution is -2.29. The Labute approximate surface area is 124 Å². The van der Waals surface area contributed by atoms with Crippen LogP contribution in [0.2, 0.25) is 0 Å². The van der Waals surface area contributed by atoms with Gasteiger partial charge in [0.15, 0.2) is 0 Å². The minimum absolute atomic E-state index is 0.00121. The Hall–Kier alpha value is -1.63. The van der Waals surface area contributed by atoms with Crippen molar-refractivity contribution >= 4 is 11.7 Å². The average Bonchev–Trinajstić information content (AvgIpc) is 2.51. The zero-order valence-electron chi connectivity index (χ0n) is 12.3. The number of carbonyl (C=O) groups excluding carboxylic acids is 1. The van der Waals surface area contributed by atoms with Gasteiger partial charge in [-0.2, -0.15) is 0 Å². The van der Waals surface area contributed by atoms with E-state index < -0.39 is 5.97 Å². The van der Waals surface area contributed by atoms with E-state index in [1.807, 2.05) is 11.8 Å². The van der Waals surface area contributed by atoms with Gasteiger partial charge in [0.05, 0.1) is 25.4 Å². The zero-order valence-corrected chi connectivity index (χ0v) is 12.3. The molecule has 0 fully saturated rings.